The van der Waals surface area contributed by atoms with E-state index in [9.17, 15) is 9.59 Å². The number of unbranched alkanes of at least 4 members (excludes halogenated alkanes) is 3. The smallest absolute Gasteiger partial charge is 0.175 e. The fraction of sp³-hybridized carbons (Fsp3) is 0.556. The minimum atomic E-state index is -0.840. The predicted molar refractivity (Wildman–Crippen MR) is 89.5 cm³/mol. The van der Waals surface area contributed by atoms with Gasteiger partial charge in [-0.25, -0.2) is 0 Å². The summed E-state index contributed by atoms with van der Waals surface area (Å²) in [5.74, 6) is 0.965. The first-order valence-electron chi connectivity index (χ1n) is 7.78. The quantitative estimate of drug-likeness (QED) is 0.569. The van der Waals surface area contributed by atoms with Gasteiger partial charge in [-0.1, -0.05) is 24.4 Å². The van der Waals surface area contributed by atoms with Crippen molar-refractivity contribution in [1.29, 1.82) is 0 Å². The summed E-state index contributed by atoms with van der Waals surface area (Å²) in [5.41, 5.74) is -0.840. The molecule has 0 amide bonds. The SMILES string of the molecule is CC(=O)CCCCCCC(=O)C(C)(C)Oc1ccc(Cl)cc1. The van der Waals surface area contributed by atoms with Crippen molar-refractivity contribution in [2.75, 3.05) is 0 Å². The summed E-state index contributed by atoms with van der Waals surface area (Å²) in [5, 5.41) is 0.641. The summed E-state index contributed by atoms with van der Waals surface area (Å²) in [7, 11) is 0. The van der Waals surface area contributed by atoms with Crippen LogP contribution in [0.15, 0.2) is 24.3 Å². The number of ketones is 2. The van der Waals surface area contributed by atoms with Crippen molar-refractivity contribution in [3.63, 3.8) is 0 Å². The molecule has 0 radical (unpaired) electrons. The Morgan fingerprint density at radius 2 is 1.55 bits per heavy atom. The monoisotopic (exact) mass is 324 g/mol. The third-order valence-corrected chi connectivity index (χ3v) is 3.79. The van der Waals surface area contributed by atoms with Crippen LogP contribution in [0.25, 0.3) is 0 Å². The number of hydrogen-bond acceptors (Lipinski definition) is 3. The largest absolute Gasteiger partial charge is 0.480 e. The third-order valence-electron chi connectivity index (χ3n) is 3.54. The second kappa shape index (κ2) is 8.94. The van der Waals surface area contributed by atoms with E-state index in [4.69, 9.17) is 16.3 Å². The average molecular weight is 325 g/mol. The number of benzene rings is 1. The van der Waals surface area contributed by atoms with E-state index >= 15 is 0 Å². The molecule has 1 aromatic rings. The minimum Gasteiger partial charge on any atom is -0.480 e. The van der Waals surface area contributed by atoms with Gasteiger partial charge in [0.1, 0.15) is 11.5 Å². The van der Waals surface area contributed by atoms with Gasteiger partial charge in [-0.3, -0.25) is 4.79 Å². The summed E-state index contributed by atoms with van der Waals surface area (Å²) in [6.45, 7) is 5.19. The Morgan fingerprint density at radius 1 is 1.00 bits per heavy atom. The lowest BCUT2D eigenvalue weighted by molar-refractivity contribution is -0.132. The molecule has 22 heavy (non-hydrogen) atoms. The molecule has 0 saturated carbocycles. The number of halogens is 1. The van der Waals surface area contributed by atoms with E-state index in [1.54, 1.807) is 45.0 Å². The topological polar surface area (TPSA) is 43.4 Å². The van der Waals surface area contributed by atoms with Crippen LogP contribution in [0.3, 0.4) is 0 Å². The number of ether oxygens (including phenoxy) is 1. The van der Waals surface area contributed by atoms with Gasteiger partial charge in [-0.05, 0) is 57.9 Å². The molecule has 0 heterocycles. The molecule has 3 nitrogen and oxygen atoms in total. The maximum Gasteiger partial charge on any atom is 0.175 e. The first-order chi connectivity index (χ1) is 10.3. The van der Waals surface area contributed by atoms with Crippen LogP contribution in [-0.4, -0.2) is 17.2 Å². The Bertz CT molecular complexity index is 492. The summed E-state index contributed by atoms with van der Waals surface area (Å²) >= 11 is 5.83. The van der Waals surface area contributed by atoms with Crippen molar-refractivity contribution < 1.29 is 14.3 Å². The van der Waals surface area contributed by atoms with Crippen molar-refractivity contribution in [1.82, 2.24) is 0 Å². The van der Waals surface area contributed by atoms with Crippen molar-refractivity contribution in [3.05, 3.63) is 29.3 Å². The van der Waals surface area contributed by atoms with Gasteiger partial charge in [0.25, 0.3) is 0 Å². The Balaban J connectivity index is 2.33. The zero-order valence-electron chi connectivity index (χ0n) is 13.7. The molecule has 0 aliphatic heterocycles. The van der Waals surface area contributed by atoms with Crippen LogP contribution < -0.4 is 4.74 Å². The Hall–Kier alpha value is -1.35. The molecule has 0 aromatic heterocycles. The van der Waals surface area contributed by atoms with E-state index in [1.165, 1.54) is 0 Å². The number of hydrogen-bond donors (Lipinski definition) is 0. The van der Waals surface area contributed by atoms with E-state index < -0.39 is 5.60 Å². The summed E-state index contributed by atoms with van der Waals surface area (Å²) < 4.78 is 5.78. The van der Waals surface area contributed by atoms with Crippen LogP contribution in [0.4, 0.5) is 0 Å². The molecule has 0 spiro atoms. The van der Waals surface area contributed by atoms with E-state index in [0.29, 0.717) is 23.6 Å². The van der Waals surface area contributed by atoms with Gasteiger partial charge >= 0.3 is 0 Å². The van der Waals surface area contributed by atoms with Crippen LogP contribution >= 0.6 is 11.6 Å². The highest BCUT2D eigenvalue weighted by atomic mass is 35.5. The molecule has 0 fully saturated rings. The second-order valence-electron chi connectivity index (χ2n) is 6.11. The lowest BCUT2D eigenvalue weighted by Crippen LogP contribution is -2.38. The van der Waals surface area contributed by atoms with Gasteiger partial charge in [-0.2, -0.15) is 0 Å². The molecule has 0 atom stereocenters. The highest BCUT2D eigenvalue weighted by Crippen LogP contribution is 2.23. The number of carbonyl (C=O) groups is 2. The molecular formula is C18H25ClO3. The summed E-state index contributed by atoms with van der Waals surface area (Å²) in [4.78, 5) is 23.1. The highest BCUT2D eigenvalue weighted by molar-refractivity contribution is 6.30. The molecule has 0 aliphatic carbocycles. The molecule has 1 rings (SSSR count). The van der Waals surface area contributed by atoms with Crippen molar-refractivity contribution >= 4 is 23.2 Å². The van der Waals surface area contributed by atoms with Crippen LogP contribution in [0.2, 0.25) is 5.02 Å². The lowest BCUT2D eigenvalue weighted by Gasteiger charge is -2.25. The molecule has 4 heteroatoms. The average Bonchev–Trinajstić information content (AvgIpc) is 2.44. The fourth-order valence-corrected chi connectivity index (χ4v) is 2.29. The van der Waals surface area contributed by atoms with Gasteiger partial charge in [0.15, 0.2) is 11.4 Å². The van der Waals surface area contributed by atoms with Gasteiger partial charge in [0.2, 0.25) is 0 Å². The van der Waals surface area contributed by atoms with Crippen molar-refractivity contribution in [3.8, 4) is 5.75 Å². The maximum absolute atomic E-state index is 12.3. The molecule has 0 bridgehead atoms. The lowest BCUT2D eigenvalue weighted by atomic mass is 9.97. The molecule has 0 unspecified atom stereocenters. The standard InChI is InChI=1S/C18H25ClO3/c1-14(20)8-6-4-5-7-9-17(21)18(2,3)22-16-12-10-15(19)11-13-16/h10-13H,4-9H2,1-3H3. The molecule has 122 valence electrons. The second-order valence-corrected chi connectivity index (χ2v) is 6.54. The van der Waals surface area contributed by atoms with Gasteiger partial charge in [-0.15, -0.1) is 0 Å². The van der Waals surface area contributed by atoms with Crippen molar-refractivity contribution in [2.24, 2.45) is 0 Å². The van der Waals surface area contributed by atoms with E-state index in [2.05, 4.69) is 0 Å². The van der Waals surface area contributed by atoms with E-state index in [0.717, 1.165) is 25.7 Å². The Kier molecular flexibility index (Phi) is 7.60. The number of Topliss-reactive ketones (excluding diaryl/α,β-unsaturated/α-hetero) is 2. The first-order valence-corrected chi connectivity index (χ1v) is 8.16. The van der Waals surface area contributed by atoms with Crippen LogP contribution in [0.1, 0.15) is 59.3 Å². The summed E-state index contributed by atoms with van der Waals surface area (Å²) in [6, 6.07) is 7.01. The predicted octanol–water partition coefficient (Wildman–Crippen LogP) is 5.00. The third kappa shape index (κ3) is 7.08. The first kappa shape index (κ1) is 18.7. The number of rotatable bonds is 10. The maximum atomic E-state index is 12.3. The van der Waals surface area contributed by atoms with Gasteiger partial charge in [0.05, 0.1) is 0 Å². The Morgan fingerprint density at radius 3 is 2.09 bits per heavy atom. The van der Waals surface area contributed by atoms with Crippen LogP contribution in [-0.2, 0) is 9.59 Å². The fourth-order valence-electron chi connectivity index (χ4n) is 2.17. The van der Waals surface area contributed by atoms with Gasteiger partial charge < -0.3 is 9.53 Å². The molecular weight excluding hydrogens is 300 g/mol. The highest BCUT2D eigenvalue weighted by Gasteiger charge is 2.28. The van der Waals surface area contributed by atoms with E-state index in [-0.39, 0.29) is 11.6 Å². The Labute approximate surface area is 138 Å². The van der Waals surface area contributed by atoms with Crippen molar-refractivity contribution in [2.45, 2.75) is 64.9 Å². The zero-order valence-corrected chi connectivity index (χ0v) is 14.4. The summed E-state index contributed by atoms with van der Waals surface area (Å²) in [6.07, 6.45) is 4.85. The molecule has 0 N–H and O–H groups in total. The van der Waals surface area contributed by atoms with Crippen LogP contribution in [0, 0.1) is 0 Å². The van der Waals surface area contributed by atoms with Gasteiger partial charge in [0, 0.05) is 17.9 Å². The van der Waals surface area contributed by atoms with Crippen LogP contribution in [0.5, 0.6) is 5.75 Å². The molecule has 0 saturated heterocycles. The number of carbonyl (C=O) groups excluding carboxylic acids is 2. The molecule has 0 aliphatic rings. The molecule has 1 aromatic carbocycles. The van der Waals surface area contributed by atoms with E-state index in [1.807, 2.05) is 0 Å². The zero-order chi connectivity index (χ0) is 16.6. The normalized spacial score (nSPS) is 11.3. The minimum absolute atomic E-state index is 0.0917.